The lowest BCUT2D eigenvalue weighted by Gasteiger charge is -2.18. The molecule has 0 fully saturated rings. The Balaban J connectivity index is 1.47. The predicted octanol–water partition coefficient (Wildman–Crippen LogP) is 5.24. The second kappa shape index (κ2) is 6.84. The van der Waals surface area contributed by atoms with Gasteiger partial charge in [0.05, 0.1) is 17.1 Å². The summed E-state index contributed by atoms with van der Waals surface area (Å²) in [6.45, 7) is 4.06. The Labute approximate surface area is 156 Å². The predicted molar refractivity (Wildman–Crippen MR) is 112 cm³/mol. The molecule has 2 N–H and O–H groups in total. The molecule has 0 bridgehead atoms. The van der Waals surface area contributed by atoms with Crippen LogP contribution in [0.15, 0.2) is 59.6 Å². The fraction of sp³-hybridized carbons (Fsp3) is 0.143. The van der Waals surface area contributed by atoms with E-state index in [1.807, 2.05) is 56.3 Å². The van der Waals surface area contributed by atoms with Gasteiger partial charge in [0.15, 0.2) is 5.17 Å². The third-order valence-corrected chi connectivity index (χ3v) is 5.44. The van der Waals surface area contributed by atoms with Crippen molar-refractivity contribution in [1.82, 2.24) is 0 Å². The van der Waals surface area contributed by atoms with Crippen LogP contribution >= 0.6 is 11.8 Å². The fourth-order valence-electron chi connectivity index (χ4n) is 3.05. The van der Waals surface area contributed by atoms with Crippen LogP contribution in [-0.4, -0.2) is 16.8 Å². The van der Waals surface area contributed by atoms with Gasteiger partial charge in [0, 0.05) is 11.1 Å². The topological polar surface area (TPSA) is 53.5 Å². The van der Waals surface area contributed by atoms with Gasteiger partial charge in [-0.25, -0.2) is 4.99 Å². The molecular formula is C21H19N3OS. The van der Waals surface area contributed by atoms with Crippen LogP contribution in [0.2, 0.25) is 0 Å². The Morgan fingerprint density at radius 3 is 2.69 bits per heavy atom. The van der Waals surface area contributed by atoms with Crippen LogP contribution in [0.5, 0.6) is 0 Å². The van der Waals surface area contributed by atoms with Gasteiger partial charge in [-0.15, -0.1) is 0 Å². The highest BCUT2D eigenvalue weighted by Crippen LogP contribution is 2.36. The highest BCUT2D eigenvalue weighted by atomic mass is 32.2. The molecule has 3 aromatic carbocycles. The van der Waals surface area contributed by atoms with Crippen LogP contribution in [0.25, 0.3) is 10.8 Å². The third kappa shape index (κ3) is 3.18. The molecule has 0 spiro atoms. The van der Waals surface area contributed by atoms with E-state index in [2.05, 4.69) is 27.8 Å². The van der Waals surface area contributed by atoms with Gasteiger partial charge in [-0.05, 0) is 48.6 Å². The van der Waals surface area contributed by atoms with Gasteiger partial charge in [0.25, 0.3) is 0 Å². The molecule has 130 valence electrons. The number of carbonyl (C=O) groups excluding carboxylic acids is 1. The molecule has 1 amide bonds. The van der Waals surface area contributed by atoms with E-state index in [1.54, 1.807) is 0 Å². The van der Waals surface area contributed by atoms with Crippen LogP contribution in [-0.2, 0) is 4.79 Å². The van der Waals surface area contributed by atoms with E-state index >= 15 is 0 Å². The molecule has 1 aliphatic heterocycles. The Hall–Kier alpha value is -2.79. The van der Waals surface area contributed by atoms with Gasteiger partial charge in [-0.2, -0.15) is 0 Å². The smallest absolute Gasteiger partial charge is 0.234 e. The zero-order valence-corrected chi connectivity index (χ0v) is 15.5. The standard InChI is InChI=1S/C21H19N3OS/c1-13-6-3-9-16(14(13)2)22-19(25)12-26-21-23-17-10-4-7-15-8-5-11-18(24-21)20(15)17/h3-11H,12H2,1-2H3,(H,22,25)(H,23,24). The number of aliphatic imine (C=N–C) groups is 1. The minimum absolute atomic E-state index is 0.0368. The largest absolute Gasteiger partial charge is 0.334 e. The number of rotatable bonds is 3. The average Bonchev–Trinajstić information content (AvgIpc) is 2.64. The number of anilines is 2. The molecule has 0 saturated heterocycles. The average molecular weight is 361 g/mol. The number of nitrogens with zero attached hydrogens (tertiary/aromatic N) is 1. The lowest BCUT2D eigenvalue weighted by molar-refractivity contribution is -0.113. The lowest BCUT2D eigenvalue weighted by atomic mass is 10.1. The first-order valence-corrected chi connectivity index (χ1v) is 9.47. The van der Waals surface area contributed by atoms with E-state index in [0.717, 1.165) is 38.6 Å². The minimum atomic E-state index is -0.0368. The number of carbonyl (C=O) groups is 1. The summed E-state index contributed by atoms with van der Waals surface area (Å²) in [5.74, 6) is 0.266. The summed E-state index contributed by atoms with van der Waals surface area (Å²) in [4.78, 5) is 17.0. The number of hydrogen-bond donors (Lipinski definition) is 2. The molecular weight excluding hydrogens is 342 g/mol. The van der Waals surface area contributed by atoms with Gasteiger partial charge in [0.2, 0.25) is 5.91 Å². The summed E-state index contributed by atoms with van der Waals surface area (Å²) in [5.41, 5.74) is 5.10. The van der Waals surface area contributed by atoms with Crippen molar-refractivity contribution in [3.63, 3.8) is 0 Å². The Morgan fingerprint density at radius 1 is 1.08 bits per heavy atom. The molecule has 4 nitrogen and oxygen atoms in total. The molecule has 0 saturated carbocycles. The van der Waals surface area contributed by atoms with E-state index in [9.17, 15) is 4.79 Å². The highest BCUT2D eigenvalue weighted by Gasteiger charge is 2.15. The SMILES string of the molecule is Cc1cccc(NC(=O)CSC2=Nc3cccc4cccc(c34)N2)c1C. The van der Waals surface area contributed by atoms with Gasteiger partial charge in [-0.1, -0.05) is 48.2 Å². The molecule has 4 rings (SSSR count). The van der Waals surface area contributed by atoms with E-state index in [0.29, 0.717) is 5.75 Å². The van der Waals surface area contributed by atoms with Crippen LogP contribution in [0.4, 0.5) is 17.1 Å². The fourth-order valence-corrected chi connectivity index (χ4v) is 3.73. The molecule has 5 heteroatoms. The summed E-state index contributed by atoms with van der Waals surface area (Å²) in [7, 11) is 0. The van der Waals surface area contributed by atoms with Crippen LogP contribution in [0, 0.1) is 13.8 Å². The van der Waals surface area contributed by atoms with E-state index in [4.69, 9.17) is 0 Å². The monoisotopic (exact) mass is 361 g/mol. The van der Waals surface area contributed by atoms with Crippen molar-refractivity contribution < 1.29 is 4.79 Å². The van der Waals surface area contributed by atoms with Gasteiger partial charge < -0.3 is 10.6 Å². The Bertz CT molecular complexity index is 1040. The number of thioether (sulfide) groups is 1. The number of amidine groups is 1. The molecule has 26 heavy (non-hydrogen) atoms. The highest BCUT2D eigenvalue weighted by molar-refractivity contribution is 8.14. The van der Waals surface area contributed by atoms with Gasteiger partial charge in [0.1, 0.15) is 0 Å². The molecule has 0 aliphatic carbocycles. The number of benzene rings is 3. The first kappa shape index (κ1) is 16.7. The number of hydrogen-bond acceptors (Lipinski definition) is 4. The van der Waals surface area contributed by atoms with Crippen molar-refractivity contribution in [3.8, 4) is 0 Å². The summed E-state index contributed by atoms with van der Waals surface area (Å²) >= 11 is 1.41. The molecule has 0 atom stereocenters. The summed E-state index contributed by atoms with van der Waals surface area (Å²) in [6, 6.07) is 18.2. The normalized spacial score (nSPS) is 12.5. The van der Waals surface area contributed by atoms with Crippen molar-refractivity contribution in [2.24, 2.45) is 4.99 Å². The number of amides is 1. The third-order valence-electron chi connectivity index (χ3n) is 4.57. The second-order valence-corrected chi connectivity index (χ2v) is 7.27. The van der Waals surface area contributed by atoms with Crippen LogP contribution < -0.4 is 10.6 Å². The van der Waals surface area contributed by atoms with Crippen molar-refractivity contribution in [1.29, 1.82) is 0 Å². The molecule has 1 heterocycles. The van der Waals surface area contributed by atoms with Crippen LogP contribution in [0.3, 0.4) is 0 Å². The van der Waals surface area contributed by atoms with Gasteiger partial charge in [-0.3, -0.25) is 4.79 Å². The van der Waals surface area contributed by atoms with Crippen LogP contribution in [0.1, 0.15) is 11.1 Å². The zero-order valence-electron chi connectivity index (χ0n) is 14.7. The number of aryl methyl sites for hydroxylation is 1. The van der Waals surface area contributed by atoms with Crippen molar-refractivity contribution in [2.75, 3.05) is 16.4 Å². The van der Waals surface area contributed by atoms with E-state index in [-0.39, 0.29) is 5.91 Å². The van der Waals surface area contributed by atoms with E-state index in [1.165, 1.54) is 17.3 Å². The lowest BCUT2D eigenvalue weighted by Crippen LogP contribution is -2.19. The minimum Gasteiger partial charge on any atom is -0.334 e. The molecule has 0 aromatic heterocycles. The Morgan fingerprint density at radius 2 is 1.85 bits per heavy atom. The van der Waals surface area contributed by atoms with Crippen molar-refractivity contribution in [2.45, 2.75) is 13.8 Å². The zero-order chi connectivity index (χ0) is 18.1. The molecule has 0 unspecified atom stereocenters. The summed E-state index contributed by atoms with van der Waals surface area (Å²) in [5, 5.41) is 9.35. The maximum atomic E-state index is 12.3. The maximum Gasteiger partial charge on any atom is 0.234 e. The summed E-state index contributed by atoms with van der Waals surface area (Å²) in [6.07, 6.45) is 0. The van der Waals surface area contributed by atoms with Gasteiger partial charge >= 0.3 is 0 Å². The van der Waals surface area contributed by atoms with Crippen molar-refractivity contribution >= 4 is 50.7 Å². The summed E-state index contributed by atoms with van der Waals surface area (Å²) < 4.78 is 0. The molecule has 3 aromatic rings. The quantitative estimate of drug-likeness (QED) is 0.670. The van der Waals surface area contributed by atoms with E-state index < -0.39 is 0 Å². The second-order valence-electron chi connectivity index (χ2n) is 6.31. The maximum absolute atomic E-state index is 12.3. The molecule has 1 aliphatic rings. The molecule has 0 radical (unpaired) electrons. The Kier molecular flexibility index (Phi) is 4.39. The first-order valence-electron chi connectivity index (χ1n) is 8.48. The number of nitrogens with one attached hydrogen (secondary N) is 2. The van der Waals surface area contributed by atoms with Crippen molar-refractivity contribution in [3.05, 3.63) is 65.7 Å². The first-order chi connectivity index (χ1) is 12.6.